The van der Waals surface area contributed by atoms with Gasteiger partial charge >= 0.3 is 5.97 Å². The van der Waals surface area contributed by atoms with Crippen molar-refractivity contribution in [2.45, 2.75) is 34.0 Å². The molecule has 2 aliphatic rings. The van der Waals surface area contributed by atoms with E-state index in [1.807, 2.05) is 0 Å². The average Bonchev–Trinajstić information content (AvgIpc) is 3.41. The Morgan fingerprint density at radius 1 is 1.39 bits per heavy atom. The van der Waals surface area contributed by atoms with Crippen molar-refractivity contribution in [3.63, 3.8) is 0 Å². The number of fused-ring (bicyclic) bond motifs is 1. The second kappa shape index (κ2) is 11.0. The number of thioether (sulfide) groups is 2. The number of benzene rings is 1. The van der Waals surface area contributed by atoms with E-state index in [0.29, 0.717) is 5.56 Å². The number of amides is 2. The van der Waals surface area contributed by atoms with Crippen molar-refractivity contribution < 1.29 is 37.2 Å². The monoisotopic (exact) mass is 585 g/mol. The maximum absolute atomic E-state index is 13.4. The molecule has 1 fully saturated rings. The van der Waals surface area contributed by atoms with Crippen LogP contribution >= 0.6 is 23.5 Å². The van der Waals surface area contributed by atoms with Crippen LogP contribution in [0.3, 0.4) is 0 Å². The van der Waals surface area contributed by atoms with Crippen molar-refractivity contribution >= 4 is 51.4 Å². The lowest BCUT2D eigenvalue weighted by atomic mass is 9.96. The van der Waals surface area contributed by atoms with Crippen LogP contribution < -0.4 is 11.1 Å². The maximum atomic E-state index is 13.4. The Labute approximate surface area is 224 Å². The van der Waals surface area contributed by atoms with E-state index in [9.17, 15) is 32.5 Å². The molecule has 18 heteroatoms. The van der Waals surface area contributed by atoms with Gasteiger partial charge < -0.3 is 20.9 Å². The van der Waals surface area contributed by atoms with E-state index < -0.39 is 56.0 Å². The van der Waals surface area contributed by atoms with Crippen molar-refractivity contribution in [2.75, 3.05) is 18.6 Å². The van der Waals surface area contributed by atoms with Gasteiger partial charge in [0.05, 0.1) is 5.75 Å². The molecule has 1 aromatic carbocycles. The van der Waals surface area contributed by atoms with Crippen LogP contribution in [0, 0.1) is 0 Å². The highest BCUT2D eigenvalue weighted by atomic mass is 32.2. The molecule has 38 heavy (non-hydrogen) atoms. The van der Waals surface area contributed by atoms with E-state index in [0.717, 1.165) is 28.4 Å². The number of hydrogen-bond acceptors (Lipinski definition) is 12. The van der Waals surface area contributed by atoms with Crippen LogP contribution in [0.2, 0.25) is 0 Å². The second-order valence-corrected chi connectivity index (χ2v) is 12.1. The number of carboxylic acid groups (broad SMARTS) is 1. The quantitative estimate of drug-likeness (QED) is 0.0955. The van der Waals surface area contributed by atoms with E-state index in [1.54, 1.807) is 30.3 Å². The zero-order valence-corrected chi connectivity index (χ0v) is 22.1. The molecule has 0 saturated carbocycles. The SMILES string of the molecule is CO[C@@]1(NC(=O)C(N)c2ccccc2)C(=O)N2C(C(=O)O)=C(C(CCS(=O)(=O)O)Sc3nnn[nH]3)CS[C@H]21. The minimum Gasteiger partial charge on any atom is -0.477 e. The van der Waals surface area contributed by atoms with E-state index >= 15 is 0 Å². The fraction of sp³-hybridized carbons (Fsp3) is 0.400. The van der Waals surface area contributed by atoms with Crippen LogP contribution in [0.15, 0.2) is 46.8 Å². The molecule has 4 rings (SSSR count). The Morgan fingerprint density at radius 3 is 2.68 bits per heavy atom. The van der Waals surface area contributed by atoms with Crippen LogP contribution in [0.1, 0.15) is 18.0 Å². The smallest absolute Gasteiger partial charge is 0.352 e. The molecule has 0 radical (unpaired) electrons. The van der Waals surface area contributed by atoms with Gasteiger partial charge in [-0.15, -0.1) is 16.9 Å². The highest BCUT2D eigenvalue weighted by molar-refractivity contribution is 8.01. The summed E-state index contributed by atoms with van der Waals surface area (Å²) in [6.07, 6.45) is -0.193. The third kappa shape index (κ3) is 5.40. The topological polar surface area (TPSA) is 231 Å². The first-order valence-electron chi connectivity index (χ1n) is 10.9. The van der Waals surface area contributed by atoms with Gasteiger partial charge in [0.15, 0.2) is 0 Å². The number of aliphatic carboxylic acids is 1. The largest absolute Gasteiger partial charge is 0.477 e. The minimum absolute atomic E-state index is 0.0342. The summed E-state index contributed by atoms with van der Waals surface area (Å²) in [7, 11) is -3.16. The molecule has 1 saturated heterocycles. The van der Waals surface area contributed by atoms with Crippen LogP contribution in [-0.4, -0.2) is 96.3 Å². The summed E-state index contributed by atoms with van der Waals surface area (Å²) in [5.41, 5.74) is 4.54. The van der Waals surface area contributed by atoms with Gasteiger partial charge in [0.25, 0.3) is 21.8 Å². The summed E-state index contributed by atoms with van der Waals surface area (Å²) in [4.78, 5) is 39.7. The van der Waals surface area contributed by atoms with Crippen LogP contribution in [0.5, 0.6) is 0 Å². The third-order valence-electron chi connectivity index (χ3n) is 5.94. The standard InChI is InChI=1S/C20H23N7O8S3/c1-35-20(22-15(28)13(21)10-5-3-2-4-6-10)17(31)27-14(16(29)30)11(9-36-18(20)27)12(7-8-38(32,33)34)37-19-23-25-26-24-19/h2-6,12-13,18H,7-9,21H2,1H3,(H,22,28)(H,29,30)(H,32,33,34)(H,23,24,25,26)/t12?,13?,18-,20-/m0/s1. The van der Waals surface area contributed by atoms with Gasteiger partial charge in [-0.3, -0.25) is 19.0 Å². The van der Waals surface area contributed by atoms with Crippen LogP contribution in [-0.2, 0) is 29.2 Å². The number of β-lactam (4-membered cyclic amide) rings is 1. The first-order chi connectivity index (χ1) is 18.0. The molecule has 4 atom stereocenters. The molecular weight excluding hydrogens is 562 g/mol. The van der Waals surface area contributed by atoms with E-state index in [1.165, 1.54) is 7.11 Å². The highest BCUT2D eigenvalue weighted by Crippen LogP contribution is 2.49. The lowest BCUT2D eigenvalue weighted by Crippen LogP contribution is -2.81. The van der Waals surface area contributed by atoms with E-state index in [-0.39, 0.29) is 28.6 Å². The van der Waals surface area contributed by atoms with Gasteiger partial charge in [-0.1, -0.05) is 42.1 Å². The van der Waals surface area contributed by atoms with Crippen molar-refractivity contribution in [1.29, 1.82) is 0 Å². The fourth-order valence-corrected chi connectivity index (χ4v) is 7.44. The van der Waals surface area contributed by atoms with Gasteiger partial charge in [0, 0.05) is 18.1 Å². The van der Waals surface area contributed by atoms with Crippen molar-refractivity contribution in [2.24, 2.45) is 5.73 Å². The van der Waals surface area contributed by atoms with Gasteiger partial charge in [0.1, 0.15) is 17.1 Å². The van der Waals surface area contributed by atoms with Gasteiger partial charge in [-0.05, 0) is 28.0 Å². The number of methoxy groups -OCH3 is 1. The predicted octanol–water partition coefficient (Wildman–Crippen LogP) is -0.649. The normalized spacial score (nSPS) is 22.9. The maximum Gasteiger partial charge on any atom is 0.352 e. The van der Waals surface area contributed by atoms with E-state index in [2.05, 4.69) is 25.9 Å². The summed E-state index contributed by atoms with van der Waals surface area (Å²) in [5.74, 6) is -3.60. The molecule has 2 aromatic rings. The van der Waals surface area contributed by atoms with Crippen LogP contribution in [0.25, 0.3) is 0 Å². The summed E-state index contributed by atoms with van der Waals surface area (Å²) in [5, 5.41) is 24.2. The predicted molar refractivity (Wildman–Crippen MR) is 134 cm³/mol. The van der Waals surface area contributed by atoms with E-state index in [4.69, 9.17) is 10.5 Å². The number of nitrogens with zero attached hydrogens (tertiary/aromatic N) is 4. The molecule has 2 amide bonds. The van der Waals surface area contributed by atoms with Crippen LogP contribution in [0.4, 0.5) is 0 Å². The number of nitrogens with two attached hydrogens (primary N) is 1. The molecule has 0 bridgehead atoms. The van der Waals surface area contributed by atoms with Gasteiger partial charge in [-0.2, -0.15) is 8.42 Å². The van der Waals surface area contributed by atoms with Crippen molar-refractivity contribution in [3.8, 4) is 0 Å². The Hall–Kier alpha value is -3.03. The summed E-state index contributed by atoms with van der Waals surface area (Å²) < 4.78 is 37.6. The van der Waals surface area contributed by atoms with Gasteiger partial charge in [0.2, 0.25) is 11.1 Å². The highest BCUT2D eigenvalue weighted by Gasteiger charge is 2.67. The summed E-state index contributed by atoms with van der Waals surface area (Å²) in [6, 6.07) is 7.37. The average molecular weight is 586 g/mol. The fourth-order valence-electron chi connectivity index (χ4n) is 4.12. The molecule has 204 valence electrons. The molecule has 3 heterocycles. The lowest BCUT2D eigenvalue weighted by molar-refractivity contribution is -0.192. The zero-order valence-electron chi connectivity index (χ0n) is 19.7. The van der Waals surface area contributed by atoms with Gasteiger partial charge in [-0.25, -0.2) is 9.89 Å². The Bertz CT molecular complexity index is 1360. The Morgan fingerprint density at radius 2 is 2.11 bits per heavy atom. The number of tetrazole rings is 1. The third-order valence-corrected chi connectivity index (χ3v) is 9.23. The molecule has 2 aliphatic heterocycles. The number of aromatic amines is 1. The first kappa shape index (κ1) is 28.0. The number of carbonyl (C=O) groups is 3. The number of hydrogen-bond donors (Lipinski definition) is 5. The Kier molecular flexibility index (Phi) is 8.09. The number of carboxylic acids is 1. The number of nitrogens with one attached hydrogen (secondary N) is 2. The molecular formula is C20H23N7O8S3. The van der Waals surface area contributed by atoms with Crippen molar-refractivity contribution in [3.05, 3.63) is 47.2 Å². The summed E-state index contributed by atoms with van der Waals surface area (Å²) in [6.45, 7) is 0. The van der Waals surface area contributed by atoms with Crippen molar-refractivity contribution in [1.82, 2.24) is 30.8 Å². The number of ether oxygens (including phenoxy) is 1. The number of rotatable bonds is 11. The summed E-state index contributed by atoms with van der Waals surface area (Å²) >= 11 is 2.07. The molecule has 0 aliphatic carbocycles. The molecule has 15 nitrogen and oxygen atoms in total. The molecule has 6 N–H and O–H groups in total. The minimum atomic E-state index is -4.37. The number of H-pyrrole nitrogens is 1. The first-order valence-corrected chi connectivity index (χ1v) is 14.5. The Balaban J connectivity index is 1.64. The zero-order chi connectivity index (χ0) is 27.7. The molecule has 2 unspecified atom stereocenters. The second-order valence-electron chi connectivity index (χ2n) is 8.22. The number of carbonyl (C=O) groups excluding carboxylic acids is 2. The molecule has 1 aromatic heterocycles. The lowest BCUT2D eigenvalue weighted by Gasteiger charge is -2.56. The number of aromatic nitrogens is 4. The molecule has 0 spiro atoms.